The van der Waals surface area contributed by atoms with Crippen LogP contribution >= 0.6 is 0 Å². The van der Waals surface area contributed by atoms with Gasteiger partial charge in [-0.1, -0.05) is 87.0 Å². The quantitative estimate of drug-likeness (QED) is 0.225. The SMILES string of the molecule is CCCc1cc(CC)c2nc(-c3ccc(-c4ccc(-n5c6ccccc6c6ccccc65)cc4)cc3)oc2c1. The number of hydrogen-bond acceptors (Lipinski definition) is 2. The molecule has 0 fully saturated rings. The molecule has 0 spiro atoms. The molecule has 3 nitrogen and oxygen atoms in total. The van der Waals surface area contributed by atoms with Crippen LogP contribution in [0.2, 0.25) is 0 Å². The summed E-state index contributed by atoms with van der Waals surface area (Å²) in [6, 6.07) is 39.0. The average Bonchev–Trinajstić information content (AvgIpc) is 3.57. The summed E-state index contributed by atoms with van der Waals surface area (Å²) in [5.74, 6) is 0.682. The largest absolute Gasteiger partial charge is 0.436 e. The Bertz CT molecular complexity index is 1890. The van der Waals surface area contributed by atoms with Gasteiger partial charge in [0.1, 0.15) is 5.52 Å². The second-order valence-corrected chi connectivity index (χ2v) is 10.2. The Balaban J connectivity index is 1.21. The molecule has 190 valence electrons. The van der Waals surface area contributed by atoms with Crippen molar-refractivity contribution in [1.29, 1.82) is 0 Å². The van der Waals surface area contributed by atoms with Gasteiger partial charge in [-0.05, 0) is 77.6 Å². The van der Waals surface area contributed by atoms with Gasteiger partial charge in [0.15, 0.2) is 5.58 Å². The lowest BCUT2D eigenvalue weighted by Gasteiger charge is -2.09. The Morgan fingerprint density at radius 2 is 1.26 bits per heavy atom. The molecule has 7 rings (SSSR count). The van der Waals surface area contributed by atoms with Gasteiger partial charge in [-0.25, -0.2) is 4.98 Å². The molecule has 0 aliphatic rings. The molecule has 39 heavy (non-hydrogen) atoms. The molecule has 2 heterocycles. The smallest absolute Gasteiger partial charge is 0.227 e. The predicted molar refractivity (Wildman–Crippen MR) is 163 cm³/mol. The maximum absolute atomic E-state index is 6.24. The van der Waals surface area contributed by atoms with Crippen molar-refractivity contribution >= 4 is 32.9 Å². The van der Waals surface area contributed by atoms with E-state index in [0.717, 1.165) is 41.6 Å². The average molecular weight is 507 g/mol. The molecule has 7 aromatic rings. The van der Waals surface area contributed by atoms with Crippen LogP contribution in [0.1, 0.15) is 31.4 Å². The van der Waals surface area contributed by atoms with Gasteiger partial charge < -0.3 is 8.98 Å². The Morgan fingerprint density at radius 1 is 0.667 bits per heavy atom. The number of benzene rings is 5. The number of para-hydroxylation sites is 2. The maximum atomic E-state index is 6.24. The number of rotatable bonds is 6. The van der Waals surface area contributed by atoms with E-state index in [2.05, 4.69) is 128 Å². The van der Waals surface area contributed by atoms with E-state index < -0.39 is 0 Å². The summed E-state index contributed by atoms with van der Waals surface area (Å²) in [6.45, 7) is 4.39. The standard InChI is InChI=1S/C36H30N2O/c1-3-9-24-22-25(4-2)35-34(23-24)39-36(37-35)28-16-14-26(15-17-28)27-18-20-29(21-19-27)38-32-12-7-5-10-30(32)31-11-6-8-13-33(31)38/h5-8,10-23H,3-4,9H2,1-2H3. The van der Waals surface area contributed by atoms with Gasteiger partial charge in [0.05, 0.1) is 11.0 Å². The minimum Gasteiger partial charge on any atom is -0.436 e. The fraction of sp³-hybridized carbons (Fsp3) is 0.139. The van der Waals surface area contributed by atoms with Crippen LogP contribution in [-0.4, -0.2) is 9.55 Å². The van der Waals surface area contributed by atoms with Crippen molar-refractivity contribution in [3.05, 3.63) is 120 Å². The lowest BCUT2D eigenvalue weighted by Crippen LogP contribution is -1.93. The molecule has 5 aromatic carbocycles. The number of fused-ring (bicyclic) bond motifs is 4. The second kappa shape index (κ2) is 9.59. The first kappa shape index (κ1) is 23.5. The van der Waals surface area contributed by atoms with E-state index in [-0.39, 0.29) is 0 Å². The van der Waals surface area contributed by atoms with Gasteiger partial charge in [-0.2, -0.15) is 0 Å². The van der Waals surface area contributed by atoms with Crippen molar-refractivity contribution in [2.45, 2.75) is 33.1 Å². The number of aryl methyl sites for hydroxylation is 2. The van der Waals surface area contributed by atoms with Crippen LogP contribution in [0.15, 0.2) is 114 Å². The van der Waals surface area contributed by atoms with Crippen LogP contribution < -0.4 is 0 Å². The fourth-order valence-electron chi connectivity index (χ4n) is 5.80. The zero-order valence-corrected chi connectivity index (χ0v) is 22.3. The van der Waals surface area contributed by atoms with E-state index in [1.165, 1.54) is 44.1 Å². The molecule has 2 aromatic heterocycles. The first-order chi connectivity index (χ1) is 19.2. The summed E-state index contributed by atoms with van der Waals surface area (Å²) in [7, 11) is 0. The summed E-state index contributed by atoms with van der Waals surface area (Å²) in [6.07, 6.45) is 3.13. The van der Waals surface area contributed by atoms with E-state index >= 15 is 0 Å². The Kier molecular flexibility index (Phi) is 5.78. The van der Waals surface area contributed by atoms with Gasteiger partial charge in [0.25, 0.3) is 0 Å². The van der Waals surface area contributed by atoms with E-state index in [1.54, 1.807) is 0 Å². The Labute approximate surface area is 228 Å². The molecule has 0 N–H and O–H groups in total. The monoisotopic (exact) mass is 506 g/mol. The minimum absolute atomic E-state index is 0.682. The summed E-state index contributed by atoms with van der Waals surface area (Å²) in [5, 5.41) is 2.55. The third-order valence-corrected chi connectivity index (χ3v) is 7.72. The third-order valence-electron chi connectivity index (χ3n) is 7.72. The summed E-state index contributed by atoms with van der Waals surface area (Å²) < 4.78 is 8.59. The highest BCUT2D eigenvalue weighted by Crippen LogP contribution is 2.33. The van der Waals surface area contributed by atoms with E-state index in [9.17, 15) is 0 Å². The first-order valence-corrected chi connectivity index (χ1v) is 13.8. The second-order valence-electron chi connectivity index (χ2n) is 10.2. The molecular formula is C36H30N2O. The van der Waals surface area contributed by atoms with Gasteiger partial charge in [0.2, 0.25) is 5.89 Å². The first-order valence-electron chi connectivity index (χ1n) is 13.8. The number of hydrogen-bond donors (Lipinski definition) is 0. The van der Waals surface area contributed by atoms with E-state index in [0.29, 0.717) is 5.89 Å². The zero-order chi connectivity index (χ0) is 26.3. The highest BCUT2D eigenvalue weighted by molar-refractivity contribution is 6.09. The van der Waals surface area contributed by atoms with Gasteiger partial charge in [-0.3, -0.25) is 0 Å². The predicted octanol–water partition coefficient (Wildman–Crippen LogP) is 9.77. The summed E-state index contributed by atoms with van der Waals surface area (Å²) >= 11 is 0. The Morgan fingerprint density at radius 3 is 1.87 bits per heavy atom. The van der Waals surface area contributed by atoms with Gasteiger partial charge in [0, 0.05) is 22.0 Å². The molecule has 0 saturated heterocycles. The maximum Gasteiger partial charge on any atom is 0.227 e. The molecule has 3 heteroatoms. The van der Waals surface area contributed by atoms with Crippen LogP contribution in [0, 0.1) is 0 Å². The third kappa shape index (κ3) is 4.02. The molecule has 0 saturated carbocycles. The van der Waals surface area contributed by atoms with Crippen LogP contribution in [0.25, 0.3) is 61.2 Å². The van der Waals surface area contributed by atoms with Gasteiger partial charge in [-0.15, -0.1) is 0 Å². The Hall–Kier alpha value is -4.63. The lowest BCUT2D eigenvalue weighted by molar-refractivity contribution is 0.619. The topological polar surface area (TPSA) is 31.0 Å². The summed E-state index contributed by atoms with van der Waals surface area (Å²) in [4.78, 5) is 4.88. The summed E-state index contributed by atoms with van der Waals surface area (Å²) in [5.41, 5.74) is 11.4. The van der Waals surface area contributed by atoms with E-state index in [1.807, 2.05) is 0 Å². The van der Waals surface area contributed by atoms with Crippen LogP contribution in [0.3, 0.4) is 0 Å². The normalized spacial score (nSPS) is 11.6. The van der Waals surface area contributed by atoms with Gasteiger partial charge >= 0.3 is 0 Å². The van der Waals surface area contributed by atoms with Crippen molar-refractivity contribution in [3.8, 4) is 28.3 Å². The number of nitrogens with zero attached hydrogens (tertiary/aromatic N) is 2. The molecule has 0 unspecified atom stereocenters. The van der Waals surface area contributed by atoms with Crippen molar-refractivity contribution in [1.82, 2.24) is 9.55 Å². The van der Waals surface area contributed by atoms with E-state index in [4.69, 9.17) is 9.40 Å². The molecule has 0 radical (unpaired) electrons. The lowest BCUT2D eigenvalue weighted by atomic mass is 10.0. The fourth-order valence-corrected chi connectivity index (χ4v) is 5.80. The molecule has 0 aliphatic carbocycles. The van der Waals surface area contributed by atoms with Crippen LogP contribution in [0.5, 0.6) is 0 Å². The van der Waals surface area contributed by atoms with Crippen molar-refractivity contribution in [2.75, 3.05) is 0 Å². The minimum atomic E-state index is 0.682. The van der Waals surface area contributed by atoms with Crippen molar-refractivity contribution in [2.24, 2.45) is 0 Å². The molecule has 0 aliphatic heterocycles. The molecule has 0 atom stereocenters. The molecular weight excluding hydrogens is 476 g/mol. The zero-order valence-electron chi connectivity index (χ0n) is 22.3. The number of aromatic nitrogens is 2. The highest BCUT2D eigenvalue weighted by Gasteiger charge is 2.14. The van der Waals surface area contributed by atoms with Crippen molar-refractivity contribution in [3.63, 3.8) is 0 Å². The molecule has 0 amide bonds. The number of oxazole rings is 1. The van der Waals surface area contributed by atoms with Crippen molar-refractivity contribution < 1.29 is 4.42 Å². The van der Waals surface area contributed by atoms with Crippen LogP contribution in [-0.2, 0) is 12.8 Å². The van der Waals surface area contributed by atoms with Crippen LogP contribution in [0.4, 0.5) is 0 Å². The molecule has 0 bridgehead atoms. The highest BCUT2D eigenvalue weighted by atomic mass is 16.3.